The lowest BCUT2D eigenvalue weighted by Gasteiger charge is -2.16. The Morgan fingerprint density at radius 3 is 2.33 bits per heavy atom. The molecular weight excluding hydrogens is 383 g/mol. The van der Waals surface area contributed by atoms with Crippen molar-refractivity contribution in [3.63, 3.8) is 0 Å². The van der Waals surface area contributed by atoms with Crippen molar-refractivity contribution in [2.45, 2.75) is 24.6 Å². The Hall–Kier alpha value is -2.39. The van der Waals surface area contributed by atoms with Crippen LogP contribution in [0.3, 0.4) is 0 Å². The van der Waals surface area contributed by atoms with Gasteiger partial charge in [0.1, 0.15) is 13.2 Å². The molecule has 0 amide bonds. The number of rotatable bonds is 6. The lowest BCUT2D eigenvalue weighted by Crippen LogP contribution is -2.33. The van der Waals surface area contributed by atoms with Gasteiger partial charge in [-0.25, -0.2) is 8.42 Å². The van der Waals surface area contributed by atoms with Gasteiger partial charge in [0.15, 0.2) is 0 Å². The van der Waals surface area contributed by atoms with Crippen molar-refractivity contribution in [1.29, 1.82) is 0 Å². The molecule has 0 aliphatic carbocycles. The molecule has 0 saturated heterocycles. The highest BCUT2D eigenvalue weighted by Gasteiger charge is 2.30. The average Bonchev–Trinajstić information content (AvgIpc) is 2.60. The maximum absolute atomic E-state index is 12.7. The third-order valence-corrected chi connectivity index (χ3v) is 5.55. The highest BCUT2D eigenvalue weighted by molar-refractivity contribution is 7.89. The fourth-order valence-corrected chi connectivity index (χ4v) is 3.32. The number of aryl methyl sites for hydroxylation is 1. The Balaban J connectivity index is 1.98. The van der Waals surface area contributed by atoms with Crippen LogP contribution in [0, 0.1) is 6.92 Å². The molecule has 5 nitrogen and oxygen atoms in total. The van der Waals surface area contributed by atoms with Crippen LogP contribution < -0.4 is 0 Å². The summed E-state index contributed by atoms with van der Waals surface area (Å²) in [5.74, 6) is -0.870. The Morgan fingerprint density at radius 2 is 1.74 bits per heavy atom. The first kappa shape index (κ1) is 20.9. The molecule has 0 N–H and O–H groups in total. The molecule has 0 radical (unpaired) electrons. The van der Waals surface area contributed by atoms with Crippen LogP contribution in [0.25, 0.3) is 0 Å². The van der Waals surface area contributed by atoms with Gasteiger partial charge in [0, 0.05) is 7.05 Å². The lowest BCUT2D eigenvalue weighted by atomic mass is 10.1. The topological polar surface area (TPSA) is 63.7 Å². The van der Waals surface area contributed by atoms with E-state index in [1.165, 1.54) is 31.3 Å². The normalized spacial score (nSPS) is 12.2. The number of benzene rings is 2. The second-order valence-electron chi connectivity index (χ2n) is 5.93. The molecule has 9 heteroatoms. The van der Waals surface area contributed by atoms with Crippen molar-refractivity contribution >= 4 is 16.0 Å². The van der Waals surface area contributed by atoms with Gasteiger partial charge in [0.25, 0.3) is 0 Å². The van der Waals surface area contributed by atoms with Crippen LogP contribution in [0.4, 0.5) is 13.2 Å². The molecule has 0 atom stereocenters. The molecule has 0 unspecified atom stereocenters. The summed E-state index contributed by atoms with van der Waals surface area (Å²) in [6.07, 6.45) is -4.50. The standard InChI is InChI=1S/C18H18F3NO4S/c1-13-6-8-16(9-7-13)27(24,25)22(2)11-17(23)26-12-14-4-3-5-15(10-14)18(19,20)21/h3-10H,11-12H2,1-2H3. The summed E-state index contributed by atoms with van der Waals surface area (Å²) in [4.78, 5) is 11.9. The third-order valence-electron chi connectivity index (χ3n) is 3.74. The number of esters is 1. The number of alkyl halides is 3. The first-order valence-corrected chi connectivity index (χ1v) is 9.29. The minimum absolute atomic E-state index is 0.0290. The molecule has 0 aliphatic rings. The molecule has 146 valence electrons. The molecule has 0 aliphatic heterocycles. The Labute approximate surface area is 155 Å². The van der Waals surface area contributed by atoms with Crippen molar-refractivity contribution in [2.24, 2.45) is 0 Å². The fourth-order valence-electron chi connectivity index (χ4n) is 2.20. The van der Waals surface area contributed by atoms with Gasteiger partial charge in [-0.15, -0.1) is 0 Å². The van der Waals surface area contributed by atoms with E-state index in [4.69, 9.17) is 4.74 Å². The molecule has 2 aromatic carbocycles. The van der Waals surface area contributed by atoms with Crippen LogP contribution in [-0.4, -0.2) is 32.3 Å². The summed E-state index contributed by atoms with van der Waals surface area (Å²) >= 11 is 0. The van der Waals surface area contributed by atoms with Gasteiger partial charge in [-0.1, -0.05) is 29.8 Å². The summed E-state index contributed by atoms with van der Waals surface area (Å²) in [7, 11) is -2.65. The molecule has 0 spiro atoms. The van der Waals surface area contributed by atoms with E-state index >= 15 is 0 Å². The van der Waals surface area contributed by atoms with Crippen LogP contribution in [0.5, 0.6) is 0 Å². The van der Waals surface area contributed by atoms with Crippen molar-refractivity contribution in [2.75, 3.05) is 13.6 Å². The monoisotopic (exact) mass is 401 g/mol. The first-order chi connectivity index (χ1) is 12.5. The molecule has 27 heavy (non-hydrogen) atoms. The Morgan fingerprint density at radius 1 is 1.11 bits per heavy atom. The highest BCUT2D eigenvalue weighted by Crippen LogP contribution is 2.29. The molecule has 2 aromatic rings. The number of hydrogen-bond acceptors (Lipinski definition) is 4. The number of sulfonamides is 1. The number of ether oxygens (including phenoxy) is 1. The van der Waals surface area contributed by atoms with E-state index in [0.717, 1.165) is 22.0 Å². The zero-order valence-electron chi connectivity index (χ0n) is 14.7. The predicted molar refractivity (Wildman–Crippen MR) is 92.2 cm³/mol. The number of nitrogens with zero attached hydrogens (tertiary/aromatic N) is 1. The van der Waals surface area contributed by atoms with Crippen molar-refractivity contribution in [3.05, 3.63) is 65.2 Å². The highest BCUT2D eigenvalue weighted by atomic mass is 32.2. The summed E-state index contributed by atoms with van der Waals surface area (Å²) in [6.45, 7) is 0.863. The Bertz CT molecular complexity index is 909. The van der Waals surface area contributed by atoms with Gasteiger partial charge in [-0.05, 0) is 36.8 Å². The minimum Gasteiger partial charge on any atom is -0.460 e. The van der Waals surface area contributed by atoms with Gasteiger partial charge in [0.2, 0.25) is 10.0 Å². The molecule has 0 heterocycles. The van der Waals surface area contributed by atoms with Crippen LogP contribution in [0.15, 0.2) is 53.4 Å². The summed E-state index contributed by atoms with van der Waals surface area (Å²) in [6, 6.07) is 10.5. The smallest absolute Gasteiger partial charge is 0.416 e. The second-order valence-corrected chi connectivity index (χ2v) is 7.98. The Kier molecular flexibility index (Phi) is 6.27. The van der Waals surface area contributed by atoms with E-state index in [1.807, 2.05) is 6.92 Å². The fraction of sp³-hybridized carbons (Fsp3) is 0.278. The summed E-state index contributed by atoms with van der Waals surface area (Å²) < 4.78 is 68.6. The maximum Gasteiger partial charge on any atom is 0.416 e. The van der Waals surface area contributed by atoms with Gasteiger partial charge in [-0.2, -0.15) is 17.5 Å². The van der Waals surface area contributed by atoms with Crippen LogP contribution in [0.1, 0.15) is 16.7 Å². The van der Waals surface area contributed by atoms with E-state index < -0.39 is 34.3 Å². The number of hydrogen-bond donors (Lipinski definition) is 0. The number of likely N-dealkylation sites (N-methyl/N-ethyl adjacent to an activating group) is 1. The molecular formula is C18H18F3NO4S. The molecule has 0 saturated carbocycles. The van der Waals surface area contributed by atoms with E-state index in [-0.39, 0.29) is 17.1 Å². The SMILES string of the molecule is Cc1ccc(S(=O)(=O)N(C)CC(=O)OCc2cccc(C(F)(F)F)c2)cc1. The quantitative estimate of drug-likeness (QED) is 0.697. The zero-order chi connectivity index (χ0) is 20.2. The minimum atomic E-state index is -4.50. The van der Waals surface area contributed by atoms with E-state index in [0.29, 0.717) is 0 Å². The predicted octanol–water partition coefficient (Wildman–Crippen LogP) is 3.38. The van der Waals surface area contributed by atoms with Crippen molar-refractivity contribution in [3.8, 4) is 0 Å². The first-order valence-electron chi connectivity index (χ1n) is 7.85. The molecule has 0 aromatic heterocycles. The second kappa shape index (κ2) is 8.10. The molecule has 0 bridgehead atoms. The zero-order valence-corrected chi connectivity index (χ0v) is 15.5. The van der Waals surface area contributed by atoms with Crippen molar-refractivity contribution < 1.29 is 31.1 Å². The van der Waals surface area contributed by atoms with Gasteiger partial charge >= 0.3 is 12.1 Å². The lowest BCUT2D eigenvalue weighted by molar-refractivity contribution is -0.144. The van der Waals surface area contributed by atoms with E-state index in [1.54, 1.807) is 12.1 Å². The molecule has 0 fully saturated rings. The van der Waals surface area contributed by atoms with Crippen molar-refractivity contribution in [1.82, 2.24) is 4.31 Å². The third kappa shape index (κ3) is 5.54. The maximum atomic E-state index is 12.7. The van der Waals surface area contributed by atoms with Gasteiger partial charge in [0.05, 0.1) is 10.5 Å². The number of carbonyl (C=O) groups is 1. The molecule has 2 rings (SSSR count). The summed E-state index contributed by atoms with van der Waals surface area (Å²) in [5.41, 5.74) is 0.189. The summed E-state index contributed by atoms with van der Waals surface area (Å²) in [5, 5.41) is 0. The number of halogens is 3. The van der Waals surface area contributed by atoms with Crippen LogP contribution >= 0.6 is 0 Å². The van der Waals surface area contributed by atoms with E-state index in [2.05, 4.69) is 0 Å². The largest absolute Gasteiger partial charge is 0.460 e. The number of carbonyl (C=O) groups excluding carboxylic acids is 1. The average molecular weight is 401 g/mol. The van der Waals surface area contributed by atoms with Gasteiger partial charge in [-0.3, -0.25) is 4.79 Å². The van der Waals surface area contributed by atoms with Gasteiger partial charge < -0.3 is 4.74 Å². The van der Waals surface area contributed by atoms with E-state index in [9.17, 15) is 26.4 Å². The van der Waals surface area contributed by atoms with Crippen LogP contribution in [0.2, 0.25) is 0 Å². The van der Waals surface area contributed by atoms with Crippen LogP contribution in [-0.2, 0) is 32.3 Å².